The fourth-order valence-corrected chi connectivity index (χ4v) is 3.07. The molecule has 0 aliphatic heterocycles. The Morgan fingerprint density at radius 2 is 1.58 bits per heavy atom. The number of benzene rings is 2. The zero-order valence-electron chi connectivity index (χ0n) is 14.7. The van der Waals surface area contributed by atoms with Crippen LogP contribution in [-0.2, 0) is 16.0 Å². The van der Waals surface area contributed by atoms with Gasteiger partial charge in [0.15, 0.2) is 0 Å². The molecule has 0 spiro atoms. The number of hydrogen-bond acceptors (Lipinski definition) is 4. The van der Waals surface area contributed by atoms with Crippen molar-refractivity contribution in [1.82, 2.24) is 0 Å². The van der Waals surface area contributed by atoms with Gasteiger partial charge < -0.3 is 15.4 Å². The lowest BCUT2D eigenvalue weighted by Gasteiger charge is -2.08. The van der Waals surface area contributed by atoms with E-state index in [4.69, 9.17) is 16.3 Å². The van der Waals surface area contributed by atoms with E-state index < -0.39 is 0 Å². The minimum atomic E-state index is -0.198. The first-order chi connectivity index (χ1) is 12.5. The number of anilines is 2. The second kappa shape index (κ2) is 10.1. The van der Waals surface area contributed by atoms with Gasteiger partial charge in [0.25, 0.3) is 0 Å². The van der Waals surface area contributed by atoms with Gasteiger partial charge in [0, 0.05) is 11.4 Å². The lowest BCUT2D eigenvalue weighted by Crippen LogP contribution is -2.18. The van der Waals surface area contributed by atoms with Crippen LogP contribution in [0.1, 0.15) is 12.5 Å². The highest BCUT2D eigenvalue weighted by molar-refractivity contribution is 8.00. The van der Waals surface area contributed by atoms with Crippen LogP contribution in [0.4, 0.5) is 11.4 Å². The van der Waals surface area contributed by atoms with Gasteiger partial charge >= 0.3 is 0 Å². The van der Waals surface area contributed by atoms with E-state index in [1.807, 2.05) is 24.3 Å². The molecule has 0 unspecified atom stereocenters. The van der Waals surface area contributed by atoms with Crippen molar-refractivity contribution in [3.63, 3.8) is 0 Å². The van der Waals surface area contributed by atoms with Crippen LogP contribution in [0.3, 0.4) is 0 Å². The molecule has 26 heavy (non-hydrogen) atoms. The van der Waals surface area contributed by atoms with Gasteiger partial charge in [0.2, 0.25) is 11.8 Å². The molecule has 0 bridgehead atoms. The summed E-state index contributed by atoms with van der Waals surface area (Å²) in [7, 11) is 1.53. The summed E-state index contributed by atoms with van der Waals surface area (Å²) >= 11 is 7.27. The van der Waals surface area contributed by atoms with Gasteiger partial charge in [-0.2, -0.15) is 0 Å². The number of methoxy groups -OCH3 is 1. The summed E-state index contributed by atoms with van der Waals surface area (Å²) in [5.74, 6) is 0.580. The number of aryl methyl sites for hydroxylation is 1. The molecule has 0 radical (unpaired) electrons. The summed E-state index contributed by atoms with van der Waals surface area (Å²) < 4.78 is 5.06. The molecule has 2 N–H and O–H groups in total. The molecule has 0 heterocycles. The number of amides is 2. The van der Waals surface area contributed by atoms with Gasteiger partial charge in [-0.1, -0.05) is 30.7 Å². The third kappa shape index (κ3) is 6.28. The predicted molar refractivity (Wildman–Crippen MR) is 108 cm³/mol. The number of ether oxygens (including phenoxy) is 1. The zero-order valence-corrected chi connectivity index (χ0v) is 16.2. The van der Waals surface area contributed by atoms with Crippen LogP contribution < -0.4 is 15.4 Å². The van der Waals surface area contributed by atoms with Gasteiger partial charge in [0.1, 0.15) is 5.75 Å². The zero-order chi connectivity index (χ0) is 18.9. The lowest BCUT2D eigenvalue weighted by atomic mass is 10.1. The topological polar surface area (TPSA) is 67.4 Å². The Balaban J connectivity index is 1.73. The third-order valence-corrected chi connectivity index (χ3v) is 4.78. The van der Waals surface area contributed by atoms with Crippen LogP contribution in [0.5, 0.6) is 5.75 Å². The van der Waals surface area contributed by atoms with Gasteiger partial charge in [-0.05, 0) is 42.3 Å². The van der Waals surface area contributed by atoms with Gasteiger partial charge in [0.05, 0.1) is 23.6 Å². The minimum absolute atomic E-state index is 0.139. The van der Waals surface area contributed by atoms with Crippen molar-refractivity contribution in [2.75, 3.05) is 29.2 Å². The summed E-state index contributed by atoms with van der Waals surface area (Å²) in [6.45, 7) is 2.08. The van der Waals surface area contributed by atoms with Crippen LogP contribution in [0, 0.1) is 0 Å². The van der Waals surface area contributed by atoms with E-state index >= 15 is 0 Å². The van der Waals surface area contributed by atoms with Crippen molar-refractivity contribution < 1.29 is 14.3 Å². The Morgan fingerprint density at radius 3 is 2.12 bits per heavy atom. The molecule has 0 aromatic heterocycles. The second-order valence-electron chi connectivity index (χ2n) is 5.49. The molecule has 2 aromatic rings. The van der Waals surface area contributed by atoms with Gasteiger partial charge in [-0.15, -0.1) is 11.8 Å². The van der Waals surface area contributed by atoms with Gasteiger partial charge in [-0.25, -0.2) is 0 Å². The quantitative estimate of drug-likeness (QED) is 0.705. The van der Waals surface area contributed by atoms with Crippen molar-refractivity contribution in [2.24, 2.45) is 0 Å². The van der Waals surface area contributed by atoms with Crippen molar-refractivity contribution in [3.8, 4) is 5.75 Å². The van der Waals surface area contributed by atoms with E-state index in [-0.39, 0.29) is 23.3 Å². The highest BCUT2D eigenvalue weighted by Crippen LogP contribution is 2.27. The molecule has 138 valence electrons. The van der Waals surface area contributed by atoms with Crippen LogP contribution in [-0.4, -0.2) is 30.4 Å². The number of hydrogen-bond donors (Lipinski definition) is 2. The molecular weight excluding hydrogens is 372 g/mol. The minimum Gasteiger partial charge on any atom is -0.495 e. The van der Waals surface area contributed by atoms with Crippen LogP contribution in [0.2, 0.25) is 5.02 Å². The normalized spacial score (nSPS) is 10.3. The van der Waals surface area contributed by atoms with E-state index in [0.717, 1.165) is 12.1 Å². The first-order valence-electron chi connectivity index (χ1n) is 8.11. The van der Waals surface area contributed by atoms with Gasteiger partial charge in [-0.3, -0.25) is 9.59 Å². The smallest absolute Gasteiger partial charge is 0.234 e. The molecule has 7 heteroatoms. The molecule has 2 amide bonds. The van der Waals surface area contributed by atoms with E-state index in [1.54, 1.807) is 18.2 Å². The van der Waals surface area contributed by atoms with Crippen molar-refractivity contribution in [1.29, 1.82) is 0 Å². The third-order valence-electron chi connectivity index (χ3n) is 3.55. The summed E-state index contributed by atoms with van der Waals surface area (Å²) in [5.41, 5.74) is 2.56. The standard InChI is InChI=1S/C19H21ClN2O3S/c1-3-13-4-6-14(7-5-13)21-18(23)11-26-12-19(24)22-15-8-9-17(25-2)16(20)10-15/h4-10H,3,11-12H2,1-2H3,(H,21,23)(H,22,24). The van der Waals surface area contributed by atoms with Crippen molar-refractivity contribution >= 4 is 46.6 Å². The number of rotatable bonds is 8. The molecule has 2 rings (SSSR count). The first kappa shape index (κ1) is 20.1. The molecule has 5 nitrogen and oxygen atoms in total. The lowest BCUT2D eigenvalue weighted by molar-refractivity contribution is -0.114. The largest absolute Gasteiger partial charge is 0.495 e. The SMILES string of the molecule is CCc1ccc(NC(=O)CSCC(=O)Nc2ccc(OC)c(Cl)c2)cc1. The number of nitrogens with one attached hydrogen (secondary N) is 2. The highest BCUT2D eigenvalue weighted by atomic mass is 35.5. The summed E-state index contributed by atoms with van der Waals surface area (Å²) in [6.07, 6.45) is 0.957. The summed E-state index contributed by atoms with van der Waals surface area (Å²) in [4.78, 5) is 23.9. The summed E-state index contributed by atoms with van der Waals surface area (Å²) in [6, 6.07) is 12.7. The molecule has 0 saturated carbocycles. The molecular formula is C19H21ClN2O3S. The summed E-state index contributed by atoms with van der Waals surface area (Å²) in [5, 5.41) is 5.98. The predicted octanol–water partition coefficient (Wildman–Crippen LogP) is 4.22. The van der Waals surface area contributed by atoms with Crippen molar-refractivity contribution in [3.05, 3.63) is 53.1 Å². The number of thioether (sulfide) groups is 1. The Kier molecular flexibility index (Phi) is 7.81. The van der Waals surface area contributed by atoms with E-state index in [1.165, 1.54) is 24.4 Å². The van der Waals surface area contributed by atoms with E-state index in [0.29, 0.717) is 16.5 Å². The highest BCUT2D eigenvalue weighted by Gasteiger charge is 2.08. The Labute approximate surface area is 162 Å². The maximum atomic E-state index is 12.0. The monoisotopic (exact) mass is 392 g/mol. The van der Waals surface area contributed by atoms with Crippen LogP contribution >= 0.6 is 23.4 Å². The fourth-order valence-electron chi connectivity index (χ4n) is 2.20. The average molecular weight is 393 g/mol. The van der Waals surface area contributed by atoms with Crippen LogP contribution in [0.25, 0.3) is 0 Å². The second-order valence-corrected chi connectivity index (χ2v) is 6.88. The van der Waals surface area contributed by atoms with Crippen LogP contribution in [0.15, 0.2) is 42.5 Å². The van der Waals surface area contributed by atoms with Crippen molar-refractivity contribution in [2.45, 2.75) is 13.3 Å². The first-order valence-corrected chi connectivity index (χ1v) is 9.65. The Hall–Kier alpha value is -2.18. The number of carbonyl (C=O) groups is 2. The molecule has 0 aliphatic carbocycles. The Morgan fingerprint density at radius 1 is 1.00 bits per heavy atom. The average Bonchev–Trinajstić information content (AvgIpc) is 2.62. The molecule has 2 aromatic carbocycles. The fraction of sp³-hybridized carbons (Fsp3) is 0.263. The molecule has 0 fully saturated rings. The van der Waals surface area contributed by atoms with E-state index in [2.05, 4.69) is 17.6 Å². The number of halogens is 1. The maximum Gasteiger partial charge on any atom is 0.234 e. The van der Waals surface area contributed by atoms with E-state index in [9.17, 15) is 9.59 Å². The number of carbonyl (C=O) groups excluding carboxylic acids is 2. The molecule has 0 atom stereocenters. The molecule has 0 aliphatic rings. The Bertz CT molecular complexity index is 766. The molecule has 0 saturated heterocycles. The maximum absolute atomic E-state index is 12.0.